The first-order chi connectivity index (χ1) is 14.4. The summed E-state index contributed by atoms with van der Waals surface area (Å²) < 4.78 is 21.6. The highest BCUT2D eigenvalue weighted by Gasteiger charge is 2.44. The molecule has 9 heteroatoms. The zero-order valence-corrected chi connectivity index (χ0v) is 17.4. The number of hydrogen-bond acceptors (Lipinski definition) is 8. The number of aryl methyl sites for hydroxylation is 3. The average molecular weight is 412 g/mol. The summed E-state index contributed by atoms with van der Waals surface area (Å²) in [6.45, 7) is 5.73. The van der Waals surface area contributed by atoms with Gasteiger partial charge in [-0.2, -0.15) is 4.98 Å². The molecule has 30 heavy (non-hydrogen) atoms. The minimum atomic E-state index is -0.583. The van der Waals surface area contributed by atoms with Gasteiger partial charge in [-0.25, -0.2) is 0 Å². The fourth-order valence-electron chi connectivity index (χ4n) is 3.50. The summed E-state index contributed by atoms with van der Waals surface area (Å²) in [5, 5.41) is 11.0. The van der Waals surface area contributed by atoms with E-state index in [1.807, 2.05) is 13.8 Å². The number of methoxy groups -OCH3 is 1. The smallest absolute Gasteiger partial charge is 0.252 e. The molecule has 158 valence electrons. The largest absolute Gasteiger partial charge is 0.493 e. The normalized spacial score (nSPS) is 14.8. The first kappa shape index (κ1) is 19.9. The van der Waals surface area contributed by atoms with E-state index in [2.05, 4.69) is 20.6 Å². The number of aromatic nitrogens is 3. The summed E-state index contributed by atoms with van der Waals surface area (Å²) in [7, 11) is 1.54. The van der Waals surface area contributed by atoms with E-state index in [0.29, 0.717) is 41.1 Å². The Morgan fingerprint density at radius 3 is 2.53 bits per heavy atom. The van der Waals surface area contributed by atoms with Crippen molar-refractivity contribution >= 4 is 5.91 Å². The highest BCUT2D eigenvalue weighted by molar-refractivity contribution is 5.95. The van der Waals surface area contributed by atoms with E-state index < -0.39 is 5.54 Å². The Balaban J connectivity index is 1.50. The SMILES string of the molecule is COc1cc(C(=O)NC2(c3noc(C)n3)CCC2)ccc1OCc1c(C)noc1C. The molecule has 0 radical (unpaired) electrons. The maximum Gasteiger partial charge on any atom is 0.252 e. The number of ether oxygens (including phenoxy) is 2. The van der Waals surface area contributed by atoms with Crippen LogP contribution in [0.25, 0.3) is 0 Å². The van der Waals surface area contributed by atoms with Gasteiger partial charge in [0.2, 0.25) is 5.89 Å². The fraction of sp³-hybridized carbons (Fsp3) is 0.429. The average Bonchev–Trinajstić information content (AvgIpc) is 3.28. The van der Waals surface area contributed by atoms with Crippen molar-refractivity contribution in [2.24, 2.45) is 0 Å². The van der Waals surface area contributed by atoms with Crippen LogP contribution in [-0.4, -0.2) is 28.3 Å². The van der Waals surface area contributed by atoms with Crippen molar-refractivity contribution in [2.75, 3.05) is 7.11 Å². The van der Waals surface area contributed by atoms with Crippen LogP contribution in [0.2, 0.25) is 0 Å². The quantitative estimate of drug-likeness (QED) is 0.628. The van der Waals surface area contributed by atoms with Crippen molar-refractivity contribution in [2.45, 2.75) is 52.2 Å². The van der Waals surface area contributed by atoms with Gasteiger partial charge in [-0.1, -0.05) is 10.3 Å². The van der Waals surface area contributed by atoms with Crippen molar-refractivity contribution < 1.29 is 23.3 Å². The molecule has 1 amide bonds. The Morgan fingerprint density at radius 2 is 1.97 bits per heavy atom. The van der Waals surface area contributed by atoms with Gasteiger partial charge in [-0.15, -0.1) is 0 Å². The number of rotatable bonds is 7. The van der Waals surface area contributed by atoms with E-state index in [0.717, 1.165) is 30.5 Å². The molecule has 4 rings (SSSR count). The number of carbonyl (C=O) groups is 1. The van der Waals surface area contributed by atoms with Gasteiger partial charge >= 0.3 is 0 Å². The lowest BCUT2D eigenvalue weighted by Crippen LogP contribution is -2.51. The molecule has 2 aromatic heterocycles. The van der Waals surface area contributed by atoms with Crippen LogP contribution >= 0.6 is 0 Å². The van der Waals surface area contributed by atoms with Gasteiger partial charge in [-0.3, -0.25) is 4.79 Å². The summed E-state index contributed by atoms with van der Waals surface area (Å²) >= 11 is 0. The third-order valence-electron chi connectivity index (χ3n) is 5.49. The number of amides is 1. The fourth-order valence-corrected chi connectivity index (χ4v) is 3.50. The molecule has 1 aliphatic carbocycles. The third kappa shape index (κ3) is 3.62. The molecule has 0 saturated heterocycles. The van der Waals surface area contributed by atoms with Crippen LogP contribution in [0.3, 0.4) is 0 Å². The van der Waals surface area contributed by atoms with Crippen molar-refractivity contribution in [3.05, 3.63) is 52.5 Å². The zero-order chi connectivity index (χ0) is 21.3. The second-order valence-electron chi connectivity index (χ2n) is 7.48. The number of hydrogen-bond donors (Lipinski definition) is 1. The number of nitrogens with one attached hydrogen (secondary N) is 1. The summed E-state index contributed by atoms with van der Waals surface area (Å²) in [6.07, 6.45) is 2.53. The summed E-state index contributed by atoms with van der Waals surface area (Å²) in [4.78, 5) is 17.2. The van der Waals surface area contributed by atoms with E-state index in [1.54, 1.807) is 25.1 Å². The van der Waals surface area contributed by atoms with Crippen LogP contribution in [0.4, 0.5) is 0 Å². The van der Waals surface area contributed by atoms with Crippen LogP contribution in [-0.2, 0) is 12.1 Å². The maximum absolute atomic E-state index is 12.9. The Morgan fingerprint density at radius 1 is 1.17 bits per heavy atom. The second kappa shape index (κ2) is 7.81. The van der Waals surface area contributed by atoms with E-state index in [-0.39, 0.29) is 5.91 Å². The van der Waals surface area contributed by atoms with Gasteiger partial charge in [0.15, 0.2) is 17.3 Å². The number of nitrogens with zero attached hydrogens (tertiary/aromatic N) is 3. The molecular weight excluding hydrogens is 388 g/mol. The lowest BCUT2D eigenvalue weighted by Gasteiger charge is -2.39. The molecule has 0 atom stereocenters. The van der Waals surface area contributed by atoms with Crippen LogP contribution in [0.1, 0.15) is 58.4 Å². The zero-order valence-electron chi connectivity index (χ0n) is 17.4. The molecule has 1 aromatic carbocycles. The van der Waals surface area contributed by atoms with E-state index in [9.17, 15) is 4.79 Å². The molecule has 1 saturated carbocycles. The lowest BCUT2D eigenvalue weighted by atomic mass is 9.76. The van der Waals surface area contributed by atoms with Crippen LogP contribution < -0.4 is 14.8 Å². The standard InChI is InChI=1S/C21H24N4O5/c1-12-16(13(2)29-24-12)11-28-17-7-6-15(10-18(17)27-4)19(26)23-21(8-5-9-21)20-22-14(3)30-25-20/h6-7,10H,5,8-9,11H2,1-4H3,(H,23,26). The van der Waals surface area contributed by atoms with Gasteiger partial charge < -0.3 is 23.8 Å². The molecule has 1 aliphatic rings. The van der Waals surface area contributed by atoms with Gasteiger partial charge in [0.05, 0.1) is 18.4 Å². The van der Waals surface area contributed by atoms with E-state index >= 15 is 0 Å². The van der Waals surface area contributed by atoms with Crippen LogP contribution in [0.15, 0.2) is 27.2 Å². The van der Waals surface area contributed by atoms with Crippen LogP contribution in [0.5, 0.6) is 11.5 Å². The highest BCUT2D eigenvalue weighted by Crippen LogP contribution is 2.40. The predicted octanol–water partition coefficient (Wildman–Crippen LogP) is 3.38. The van der Waals surface area contributed by atoms with E-state index in [4.69, 9.17) is 18.5 Å². The summed E-state index contributed by atoms with van der Waals surface area (Å²) in [6, 6.07) is 5.08. The number of carbonyl (C=O) groups excluding carboxylic acids is 1. The van der Waals surface area contributed by atoms with E-state index in [1.165, 1.54) is 7.11 Å². The van der Waals surface area contributed by atoms with Gasteiger partial charge in [0.1, 0.15) is 17.9 Å². The van der Waals surface area contributed by atoms with Gasteiger partial charge in [0.25, 0.3) is 5.91 Å². The molecule has 0 unspecified atom stereocenters. The molecule has 0 bridgehead atoms. The Labute approximate surface area is 173 Å². The topological polar surface area (TPSA) is 113 Å². The molecule has 3 aromatic rings. The monoisotopic (exact) mass is 412 g/mol. The molecule has 2 heterocycles. The van der Waals surface area contributed by atoms with Crippen molar-refractivity contribution in [3.63, 3.8) is 0 Å². The van der Waals surface area contributed by atoms with Crippen molar-refractivity contribution in [3.8, 4) is 11.5 Å². The van der Waals surface area contributed by atoms with Gasteiger partial charge in [0, 0.05) is 12.5 Å². The molecule has 9 nitrogen and oxygen atoms in total. The molecule has 0 aliphatic heterocycles. The maximum atomic E-state index is 12.9. The predicted molar refractivity (Wildman–Crippen MR) is 105 cm³/mol. The second-order valence-corrected chi connectivity index (χ2v) is 7.48. The number of benzene rings is 1. The Kier molecular flexibility index (Phi) is 5.19. The first-order valence-electron chi connectivity index (χ1n) is 9.78. The Hall–Kier alpha value is -3.36. The summed E-state index contributed by atoms with van der Waals surface area (Å²) in [5.74, 6) is 2.48. The Bertz CT molecular complexity index is 1050. The lowest BCUT2D eigenvalue weighted by molar-refractivity contribution is 0.0804. The first-order valence-corrected chi connectivity index (χ1v) is 9.78. The molecule has 0 spiro atoms. The molecule has 1 fully saturated rings. The molecule has 1 N–H and O–H groups in total. The van der Waals surface area contributed by atoms with Crippen LogP contribution in [0, 0.1) is 20.8 Å². The summed E-state index contributed by atoms with van der Waals surface area (Å²) in [5.41, 5.74) is 1.55. The minimum absolute atomic E-state index is 0.229. The van der Waals surface area contributed by atoms with Crippen molar-refractivity contribution in [1.82, 2.24) is 20.6 Å². The third-order valence-corrected chi connectivity index (χ3v) is 5.49. The highest BCUT2D eigenvalue weighted by atomic mass is 16.5. The van der Waals surface area contributed by atoms with Gasteiger partial charge in [-0.05, 0) is 51.3 Å². The minimum Gasteiger partial charge on any atom is -0.493 e. The van der Waals surface area contributed by atoms with Crippen molar-refractivity contribution in [1.29, 1.82) is 0 Å². The molecular formula is C21H24N4O5.